The third-order valence-electron chi connectivity index (χ3n) is 3.99. The topological polar surface area (TPSA) is 118 Å². The van der Waals surface area contributed by atoms with Crippen molar-refractivity contribution in [3.8, 4) is 0 Å². The van der Waals surface area contributed by atoms with E-state index in [2.05, 4.69) is 15.4 Å². The average Bonchev–Trinajstić information content (AvgIpc) is 3.18. The molecule has 1 aromatic carbocycles. The first-order chi connectivity index (χ1) is 13.3. The summed E-state index contributed by atoms with van der Waals surface area (Å²) in [6.45, 7) is 4.45. The molecular weight excluding hydrogens is 382 g/mol. The maximum absolute atomic E-state index is 12.5. The van der Waals surface area contributed by atoms with Gasteiger partial charge < -0.3 is 15.1 Å². The maximum atomic E-state index is 12.5. The van der Waals surface area contributed by atoms with Gasteiger partial charge in [0.2, 0.25) is 15.9 Å². The summed E-state index contributed by atoms with van der Waals surface area (Å²) >= 11 is 0. The van der Waals surface area contributed by atoms with Gasteiger partial charge in [0.05, 0.1) is 17.7 Å². The number of carbonyl (C=O) groups is 2. The second-order valence-electron chi connectivity index (χ2n) is 6.24. The molecule has 0 bridgehead atoms. The van der Waals surface area contributed by atoms with Crippen molar-refractivity contribution in [3.05, 3.63) is 53.5 Å². The van der Waals surface area contributed by atoms with Crippen molar-refractivity contribution in [2.75, 3.05) is 13.1 Å². The number of aryl methyl sites for hydroxylation is 1. The highest BCUT2D eigenvalue weighted by Crippen LogP contribution is 2.16. The Balaban J connectivity index is 2.01. The van der Waals surface area contributed by atoms with E-state index in [4.69, 9.17) is 4.42 Å². The maximum Gasteiger partial charge on any atom is 0.251 e. The number of amides is 2. The molecule has 0 spiro atoms. The molecule has 1 aromatic heterocycles. The third-order valence-corrected chi connectivity index (χ3v) is 5.39. The Kier molecular flexibility index (Phi) is 7.77. The molecule has 0 aliphatic heterocycles. The Labute approximate surface area is 164 Å². The molecule has 152 valence electrons. The molecule has 8 nitrogen and oxygen atoms in total. The van der Waals surface area contributed by atoms with E-state index >= 15 is 0 Å². The van der Waals surface area contributed by atoms with E-state index in [1.54, 1.807) is 25.1 Å². The van der Waals surface area contributed by atoms with Gasteiger partial charge in [0.25, 0.3) is 5.91 Å². The molecule has 3 N–H and O–H groups in total. The lowest BCUT2D eigenvalue weighted by Crippen LogP contribution is -2.31. The molecular formula is C19H25N3O5S. The number of rotatable bonds is 10. The van der Waals surface area contributed by atoms with E-state index in [1.165, 1.54) is 18.4 Å². The number of sulfonamides is 1. The summed E-state index contributed by atoms with van der Waals surface area (Å²) in [6, 6.07) is 7.67. The predicted octanol–water partition coefficient (Wildman–Crippen LogP) is 1.71. The normalized spacial score (nSPS) is 11.2. The van der Waals surface area contributed by atoms with Crippen molar-refractivity contribution in [1.29, 1.82) is 0 Å². The largest absolute Gasteiger partial charge is 0.468 e. The minimum Gasteiger partial charge on any atom is -0.468 e. The number of carbonyl (C=O) groups excluding carboxylic acids is 2. The molecule has 0 aliphatic rings. The van der Waals surface area contributed by atoms with Crippen LogP contribution in [-0.2, 0) is 21.4 Å². The molecule has 0 atom stereocenters. The van der Waals surface area contributed by atoms with Crippen LogP contribution in [0.15, 0.2) is 45.9 Å². The molecule has 0 radical (unpaired) electrons. The molecule has 0 aliphatic carbocycles. The van der Waals surface area contributed by atoms with Gasteiger partial charge in [-0.05, 0) is 43.2 Å². The van der Waals surface area contributed by atoms with Gasteiger partial charge in [0.1, 0.15) is 5.76 Å². The van der Waals surface area contributed by atoms with Crippen molar-refractivity contribution in [3.63, 3.8) is 0 Å². The minimum atomic E-state index is -3.81. The van der Waals surface area contributed by atoms with Gasteiger partial charge in [-0.1, -0.05) is 13.0 Å². The summed E-state index contributed by atoms with van der Waals surface area (Å²) in [7, 11) is -3.81. The lowest BCUT2D eigenvalue weighted by atomic mass is 10.1. The number of benzene rings is 1. The monoisotopic (exact) mass is 407 g/mol. The summed E-state index contributed by atoms with van der Waals surface area (Å²) in [4.78, 5) is 24.0. The number of nitrogens with one attached hydrogen (secondary N) is 3. The van der Waals surface area contributed by atoms with E-state index in [9.17, 15) is 18.0 Å². The first-order valence-corrected chi connectivity index (χ1v) is 10.5. The SMILES string of the molecule is CCCNC(=O)CCNC(=O)c1cc(S(=O)(=O)NCc2ccco2)ccc1C. The van der Waals surface area contributed by atoms with E-state index in [0.717, 1.165) is 6.42 Å². The van der Waals surface area contributed by atoms with Crippen LogP contribution < -0.4 is 15.4 Å². The fourth-order valence-corrected chi connectivity index (χ4v) is 3.43. The van der Waals surface area contributed by atoms with Crippen LogP contribution in [0.2, 0.25) is 0 Å². The Hall–Kier alpha value is -2.65. The molecule has 2 aromatic rings. The summed E-state index contributed by atoms with van der Waals surface area (Å²) in [5.41, 5.74) is 0.882. The van der Waals surface area contributed by atoms with E-state index in [0.29, 0.717) is 17.9 Å². The zero-order chi connectivity index (χ0) is 20.6. The molecule has 2 amide bonds. The van der Waals surface area contributed by atoms with Crippen molar-refractivity contribution in [1.82, 2.24) is 15.4 Å². The highest BCUT2D eigenvalue weighted by atomic mass is 32.2. The fourth-order valence-electron chi connectivity index (χ4n) is 2.41. The van der Waals surface area contributed by atoms with Crippen LogP contribution >= 0.6 is 0 Å². The number of hydrogen-bond acceptors (Lipinski definition) is 5. The van der Waals surface area contributed by atoms with Gasteiger partial charge in [0, 0.05) is 25.1 Å². The average molecular weight is 407 g/mol. The third kappa shape index (κ3) is 6.21. The van der Waals surface area contributed by atoms with Crippen molar-refractivity contribution >= 4 is 21.8 Å². The zero-order valence-corrected chi connectivity index (χ0v) is 16.8. The quantitative estimate of drug-likeness (QED) is 0.554. The van der Waals surface area contributed by atoms with E-state index in [1.807, 2.05) is 6.92 Å². The van der Waals surface area contributed by atoms with Crippen molar-refractivity contribution < 1.29 is 22.4 Å². The molecule has 9 heteroatoms. The second-order valence-corrected chi connectivity index (χ2v) is 8.00. The zero-order valence-electron chi connectivity index (χ0n) is 15.9. The van der Waals surface area contributed by atoms with Crippen LogP contribution in [0.5, 0.6) is 0 Å². The van der Waals surface area contributed by atoms with Gasteiger partial charge in [-0.25, -0.2) is 13.1 Å². The second kappa shape index (κ2) is 10.0. The van der Waals surface area contributed by atoms with Crippen LogP contribution in [0.1, 0.15) is 41.4 Å². The standard InChI is InChI=1S/C19H25N3O5S/c1-3-9-20-18(23)8-10-21-19(24)17-12-16(7-6-14(17)2)28(25,26)22-13-15-5-4-11-27-15/h4-7,11-12,22H,3,8-10,13H2,1-2H3,(H,20,23)(H,21,24). The first-order valence-electron chi connectivity index (χ1n) is 9.01. The van der Waals surface area contributed by atoms with Crippen LogP contribution in [-0.4, -0.2) is 33.3 Å². The van der Waals surface area contributed by atoms with Crippen LogP contribution in [0.25, 0.3) is 0 Å². The predicted molar refractivity (Wildman–Crippen MR) is 104 cm³/mol. The lowest BCUT2D eigenvalue weighted by Gasteiger charge is -2.11. The molecule has 0 saturated carbocycles. The van der Waals surface area contributed by atoms with E-state index in [-0.39, 0.29) is 35.9 Å². The van der Waals surface area contributed by atoms with E-state index < -0.39 is 15.9 Å². The Bertz CT molecular complexity index is 908. The summed E-state index contributed by atoms with van der Waals surface area (Å²) in [5, 5.41) is 5.38. The fraction of sp³-hybridized carbons (Fsp3) is 0.368. The highest BCUT2D eigenvalue weighted by molar-refractivity contribution is 7.89. The number of hydrogen-bond donors (Lipinski definition) is 3. The summed E-state index contributed by atoms with van der Waals surface area (Å²) in [5.74, 6) is -0.0868. The minimum absolute atomic E-state index is 0.0115. The smallest absolute Gasteiger partial charge is 0.251 e. The molecule has 28 heavy (non-hydrogen) atoms. The van der Waals surface area contributed by atoms with Gasteiger partial charge >= 0.3 is 0 Å². The van der Waals surface area contributed by atoms with Crippen LogP contribution in [0, 0.1) is 6.92 Å². The number of furan rings is 1. The summed E-state index contributed by atoms with van der Waals surface area (Å²) < 4.78 is 32.5. The molecule has 1 heterocycles. The first kappa shape index (κ1) is 21.6. The Morgan fingerprint density at radius 2 is 1.89 bits per heavy atom. The van der Waals surface area contributed by atoms with Crippen LogP contribution in [0.4, 0.5) is 0 Å². The van der Waals surface area contributed by atoms with Gasteiger partial charge in [-0.3, -0.25) is 9.59 Å². The van der Waals surface area contributed by atoms with Gasteiger partial charge in [-0.2, -0.15) is 0 Å². The molecule has 0 saturated heterocycles. The van der Waals surface area contributed by atoms with Gasteiger partial charge in [-0.15, -0.1) is 0 Å². The highest BCUT2D eigenvalue weighted by Gasteiger charge is 2.18. The van der Waals surface area contributed by atoms with Crippen LogP contribution in [0.3, 0.4) is 0 Å². The Morgan fingerprint density at radius 1 is 1.11 bits per heavy atom. The summed E-state index contributed by atoms with van der Waals surface area (Å²) in [6.07, 6.45) is 2.46. The molecule has 0 fully saturated rings. The van der Waals surface area contributed by atoms with Crippen molar-refractivity contribution in [2.24, 2.45) is 0 Å². The lowest BCUT2D eigenvalue weighted by molar-refractivity contribution is -0.120. The van der Waals surface area contributed by atoms with Gasteiger partial charge in [0.15, 0.2) is 0 Å². The van der Waals surface area contributed by atoms with Crippen molar-refractivity contribution in [2.45, 2.75) is 38.1 Å². The molecule has 0 unspecified atom stereocenters. The Morgan fingerprint density at radius 3 is 2.57 bits per heavy atom. The molecule has 2 rings (SSSR count).